The van der Waals surface area contributed by atoms with E-state index in [4.69, 9.17) is 0 Å². The van der Waals surface area contributed by atoms with Crippen LogP contribution in [0, 0.1) is 11.7 Å². The molecular weight excluding hydrogens is 287 g/mol. The van der Waals surface area contributed by atoms with E-state index in [9.17, 15) is 14.3 Å². The third-order valence-electron chi connectivity index (χ3n) is 3.93. The minimum absolute atomic E-state index is 0.107. The van der Waals surface area contributed by atoms with Gasteiger partial charge in [-0.25, -0.2) is 4.39 Å². The fourth-order valence-corrected chi connectivity index (χ4v) is 2.64. The highest BCUT2D eigenvalue weighted by atomic mass is 19.1. The largest absolute Gasteiger partial charge is 0.393 e. The van der Waals surface area contributed by atoms with E-state index in [1.54, 1.807) is 0 Å². The summed E-state index contributed by atoms with van der Waals surface area (Å²) < 4.78 is 12.9. The third kappa shape index (κ3) is 3.14. The Balaban J connectivity index is 1.63. The second-order valence-electron chi connectivity index (χ2n) is 5.46. The van der Waals surface area contributed by atoms with Gasteiger partial charge in [0.05, 0.1) is 18.0 Å². The summed E-state index contributed by atoms with van der Waals surface area (Å²) in [6.45, 7) is 0.434. The number of halogens is 1. The van der Waals surface area contributed by atoms with E-state index in [-0.39, 0.29) is 29.4 Å². The van der Waals surface area contributed by atoms with E-state index in [2.05, 4.69) is 15.5 Å². The summed E-state index contributed by atoms with van der Waals surface area (Å²) in [5.41, 5.74) is 0.767. The molecule has 1 heterocycles. The number of amides is 1. The number of rotatable bonds is 4. The number of aliphatic hydroxyl groups is 1. The zero-order chi connectivity index (χ0) is 15.5. The van der Waals surface area contributed by atoms with E-state index < -0.39 is 0 Å². The topological polar surface area (TPSA) is 80.0 Å². The van der Waals surface area contributed by atoms with Gasteiger partial charge in [-0.05, 0) is 37.1 Å². The fourth-order valence-electron chi connectivity index (χ4n) is 2.64. The molecule has 0 aliphatic heterocycles. The first-order valence-corrected chi connectivity index (χ1v) is 7.28. The number of aliphatic hydroxyl groups excluding tert-OH is 1. The van der Waals surface area contributed by atoms with E-state index >= 15 is 0 Å². The number of hydrogen-bond acceptors (Lipinski definition) is 4. The number of carbonyl (C=O) groups excluding carboxylic acids is 1. The molecule has 1 aromatic heterocycles. The molecule has 1 aromatic carbocycles. The zero-order valence-electron chi connectivity index (χ0n) is 11.9. The molecule has 1 amide bonds. The Morgan fingerprint density at radius 1 is 1.36 bits per heavy atom. The van der Waals surface area contributed by atoms with Crippen LogP contribution in [-0.4, -0.2) is 38.7 Å². The van der Waals surface area contributed by atoms with Crippen LogP contribution in [0.4, 0.5) is 4.39 Å². The normalized spacial score (nSPS) is 21.0. The van der Waals surface area contributed by atoms with Gasteiger partial charge in [0, 0.05) is 12.5 Å². The third-order valence-corrected chi connectivity index (χ3v) is 3.93. The molecule has 1 aliphatic carbocycles. The SMILES string of the molecule is O=C(NCC1CCCC1O)c1cnn(-c2ccc(F)cc2)n1. The maximum atomic E-state index is 12.9. The molecule has 2 aromatic rings. The molecule has 7 heteroatoms. The number of carbonyl (C=O) groups is 1. The lowest BCUT2D eigenvalue weighted by Crippen LogP contribution is -2.32. The van der Waals surface area contributed by atoms with Crippen LogP contribution in [0.1, 0.15) is 29.8 Å². The Labute approximate surface area is 127 Å². The maximum Gasteiger partial charge on any atom is 0.273 e. The van der Waals surface area contributed by atoms with Crippen molar-refractivity contribution in [3.8, 4) is 5.69 Å². The van der Waals surface area contributed by atoms with Crippen LogP contribution in [0.25, 0.3) is 5.69 Å². The van der Waals surface area contributed by atoms with Crippen molar-refractivity contribution in [2.24, 2.45) is 5.92 Å². The van der Waals surface area contributed by atoms with Crippen molar-refractivity contribution >= 4 is 5.91 Å². The van der Waals surface area contributed by atoms with Crippen molar-refractivity contribution < 1.29 is 14.3 Å². The summed E-state index contributed by atoms with van der Waals surface area (Å²) in [5.74, 6) is -0.562. The standard InChI is InChI=1S/C15H17FN4O2/c16-11-4-6-12(7-5-11)20-18-9-13(19-20)15(22)17-8-10-2-1-3-14(10)21/h4-7,9-10,14,21H,1-3,8H2,(H,17,22). The number of benzene rings is 1. The second-order valence-corrected chi connectivity index (χ2v) is 5.46. The zero-order valence-corrected chi connectivity index (χ0v) is 11.9. The first-order chi connectivity index (χ1) is 10.6. The number of nitrogens with zero attached hydrogens (tertiary/aromatic N) is 3. The molecule has 2 unspecified atom stereocenters. The minimum Gasteiger partial charge on any atom is -0.393 e. The average molecular weight is 304 g/mol. The molecule has 0 radical (unpaired) electrons. The van der Waals surface area contributed by atoms with E-state index in [1.165, 1.54) is 35.3 Å². The van der Waals surface area contributed by atoms with Crippen molar-refractivity contribution in [3.63, 3.8) is 0 Å². The summed E-state index contributed by atoms with van der Waals surface area (Å²) in [6.07, 6.45) is 3.73. The van der Waals surface area contributed by atoms with Gasteiger partial charge in [-0.2, -0.15) is 9.90 Å². The van der Waals surface area contributed by atoms with Gasteiger partial charge in [-0.3, -0.25) is 4.79 Å². The molecule has 0 saturated heterocycles. The summed E-state index contributed by atoms with van der Waals surface area (Å²) in [6, 6.07) is 5.68. The predicted octanol–water partition coefficient (Wildman–Crippen LogP) is 1.30. The highest BCUT2D eigenvalue weighted by molar-refractivity contribution is 5.91. The average Bonchev–Trinajstić information content (AvgIpc) is 3.15. The molecule has 6 nitrogen and oxygen atoms in total. The Morgan fingerprint density at radius 3 is 2.82 bits per heavy atom. The smallest absolute Gasteiger partial charge is 0.273 e. The highest BCUT2D eigenvalue weighted by Crippen LogP contribution is 2.24. The lowest BCUT2D eigenvalue weighted by molar-refractivity contribution is 0.0911. The monoisotopic (exact) mass is 304 g/mol. The van der Waals surface area contributed by atoms with Crippen LogP contribution in [0.3, 0.4) is 0 Å². The molecule has 1 fully saturated rings. The molecule has 22 heavy (non-hydrogen) atoms. The molecule has 1 saturated carbocycles. The summed E-state index contributed by atoms with van der Waals surface area (Å²) in [4.78, 5) is 13.3. The molecule has 0 bridgehead atoms. The Morgan fingerprint density at radius 2 is 2.14 bits per heavy atom. The summed E-state index contributed by atoms with van der Waals surface area (Å²) >= 11 is 0. The molecule has 1 aliphatic rings. The van der Waals surface area contributed by atoms with Crippen molar-refractivity contribution in [2.75, 3.05) is 6.54 Å². The summed E-state index contributed by atoms with van der Waals surface area (Å²) in [7, 11) is 0. The summed E-state index contributed by atoms with van der Waals surface area (Å²) in [5, 5.41) is 20.6. The van der Waals surface area contributed by atoms with Gasteiger partial charge in [-0.15, -0.1) is 5.10 Å². The van der Waals surface area contributed by atoms with Crippen LogP contribution in [0.2, 0.25) is 0 Å². The first-order valence-electron chi connectivity index (χ1n) is 7.28. The predicted molar refractivity (Wildman–Crippen MR) is 77.0 cm³/mol. The van der Waals surface area contributed by atoms with Gasteiger partial charge in [0.25, 0.3) is 5.91 Å². The van der Waals surface area contributed by atoms with Gasteiger partial charge in [0.15, 0.2) is 5.69 Å². The minimum atomic E-state index is -0.344. The fraction of sp³-hybridized carbons (Fsp3) is 0.400. The van der Waals surface area contributed by atoms with Crippen molar-refractivity contribution in [2.45, 2.75) is 25.4 Å². The molecule has 2 atom stereocenters. The van der Waals surface area contributed by atoms with Crippen molar-refractivity contribution in [1.29, 1.82) is 0 Å². The number of aromatic nitrogens is 3. The van der Waals surface area contributed by atoms with Crippen LogP contribution < -0.4 is 5.32 Å². The Kier molecular flexibility index (Phi) is 4.15. The van der Waals surface area contributed by atoms with Gasteiger partial charge in [-0.1, -0.05) is 6.42 Å². The van der Waals surface area contributed by atoms with Gasteiger partial charge in [0.1, 0.15) is 5.82 Å². The van der Waals surface area contributed by atoms with Crippen molar-refractivity contribution in [1.82, 2.24) is 20.3 Å². The Hall–Kier alpha value is -2.28. The lowest BCUT2D eigenvalue weighted by atomic mass is 10.1. The molecule has 116 valence electrons. The van der Waals surface area contributed by atoms with E-state index in [0.29, 0.717) is 12.2 Å². The van der Waals surface area contributed by atoms with Gasteiger partial charge >= 0.3 is 0 Å². The van der Waals surface area contributed by atoms with E-state index in [0.717, 1.165) is 19.3 Å². The molecule has 0 spiro atoms. The molecule has 3 rings (SSSR count). The van der Waals surface area contributed by atoms with Crippen LogP contribution in [-0.2, 0) is 0 Å². The maximum absolute atomic E-state index is 12.9. The first kappa shape index (κ1) is 14.6. The number of nitrogens with one attached hydrogen (secondary N) is 1. The van der Waals surface area contributed by atoms with Gasteiger partial charge in [0.2, 0.25) is 0 Å². The van der Waals surface area contributed by atoms with Gasteiger partial charge < -0.3 is 10.4 Å². The molecular formula is C15H17FN4O2. The second kappa shape index (κ2) is 6.23. The van der Waals surface area contributed by atoms with Crippen LogP contribution in [0.15, 0.2) is 30.5 Å². The molecule has 2 N–H and O–H groups in total. The Bertz CT molecular complexity index is 656. The number of hydrogen-bond donors (Lipinski definition) is 2. The highest BCUT2D eigenvalue weighted by Gasteiger charge is 2.25. The van der Waals surface area contributed by atoms with Crippen molar-refractivity contribution in [3.05, 3.63) is 42.0 Å². The van der Waals surface area contributed by atoms with E-state index in [1.807, 2.05) is 0 Å². The lowest BCUT2D eigenvalue weighted by Gasteiger charge is -2.14. The van der Waals surface area contributed by atoms with Crippen LogP contribution in [0.5, 0.6) is 0 Å². The quantitative estimate of drug-likeness (QED) is 0.892. The van der Waals surface area contributed by atoms with Crippen LogP contribution >= 0.6 is 0 Å².